The molecule has 27 heavy (non-hydrogen) atoms. The van der Waals surface area contributed by atoms with Crippen LogP contribution in [0.2, 0.25) is 0 Å². The Hall–Kier alpha value is -2.11. The topological polar surface area (TPSA) is 96.1 Å². The van der Waals surface area contributed by atoms with Crippen molar-refractivity contribution >= 4 is 41.7 Å². The van der Waals surface area contributed by atoms with Crippen molar-refractivity contribution in [2.45, 2.75) is 32.4 Å². The first-order valence-corrected chi connectivity index (χ1v) is 8.88. The van der Waals surface area contributed by atoms with Gasteiger partial charge in [0.15, 0.2) is 17.4 Å². The normalized spacial score (nSPS) is 15.3. The summed E-state index contributed by atoms with van der Waals surface area (Å²) in [7, 11) is 1.74. The van der Waals surface area contributed by atoms with Crippen molar-refractivity contribution < 1.29 is 9.53 Å². The van der Waals surface area contributed by atoms with Gasteiger partial charge in [0.05, 0.1) is 13.2 Å². The summed E-state index contributed by atoms with van der Waals surface area (Å²) in [6, 6.07) is 6.07. The van der Waals surface area contributed by atoms with Gasteiger partial charge in [0.1, 0.15) is 0 Å². The molecule has 0 radical (unpaired) electrons. The summed E-state index contributed by atoms with van der Waals surface area (Å²) >= 11 is 0. The van der Waals surface area contributed by atoms with Crippen LogP contribution in [0.15, 0.2) is 29.4 Å². The zero-order chi connectivity index (χ0) is 18.4. The molecule has 148 valence electrons. The molecular weight excluding hydrogens is 461 g/mol. The van der Waals surface area contributed by atoms with Crippen LogP contribution in [0.4, 0.5) is 4.79 Å². The number of ether oxygens (including phenoxy) is 1. The number of nitrogens with one attached hydrogen (secondary N) is 2. The van der Waals surface area contributed by atoms with Crippen molar-refractivity contribution in [3.05, 3.63) is 30.2 Å². The summed E-state index contributed by atoms with van der Waals surface area (Å²) in [4.78, 5) is 17.8. The minimum atomic E-state index is -0.229. The number of aliphatic imine (C=N–C) groups is 1. The number of carbonyl (C=O) groups is 1. The van der Waals surface area contributed by atoms with Crippen molar-refractivity contribution in [3.63, 3.8) is 0 Å². The maximum atomic E-state index is 11.8. The number of rotatable bonds is 4. The lowest BCUT2D eigenvalue weighted by Gasteiger charge is -2.32. The van der Waals surface area contributed by atoms with Crippen LogP contribution in [-0.2, 0) is 11.3 Å². The maximum Gasteiger partial charge on any atom is 0.409 e. The molecule has 9 nitrogen and oxygen atoms in total. The molecule has 2 N–H and O–H groups in total. The molecule has 1 fully saturated rings. The van der Waals surface area contributed by atoms with E-state index in [-0.39, 0.29) is 36.1 Å². The predicted octanol–water partition coefficient (Wildman–Crippen LogP) is 1.63. The largest absolute Gasteiger partial charge is 0.450 e. The number of likely N-dealkylation sites (tertiary alicyclic amines) is 1. The van der Waals surface area contributed by atoms with Gasteiger partial charge >= 0.3 is 6.09 Å². The Balaban J connectivity index is 0.00000261. The van der Waals surface area contributed by atoms with Crippen molar-refractivity contribution in [3.8, 4) is 0 Å². The van der Waals surface area contributed by atoms with Gasteiger partial charge in [0.25, 0.3) is 0 Å². The predicted molar refractivity (Wildman–Crippen MR) is 113 cm³/mol. The number of hydrogen-bond donors (Lipinski definition) is 2. The number of fused-ring (bicyclic) bond motifs is 1. The van der Waals surface area contributed by atoms with Crippen LogP contribution >= 0.6 is 24.0 Å². The molecule has 10 heteroatoms. The molecule has 0 atom stereocenters. The standard InChI is InChI=1S/C17H25N7O2.HI/c1-3-26-17(25)23-10-7-13(8-11-23)20-16(18-2)19-12-15-22-21-14-6-4-5-9-24(14)15;/h4-6,9,13H,3,7-8,10-12H2,1-2H3,(H2,18,19,20);1H. The van der Waals surface area contributed by atoms with Crippen LogP contribution in [0, 0.1) is 0 Å². The highest BCUT2D eigenvalue weighted by molar-refractivity contribution is 14.0. The number of pyridine rings is 1. The molecule has 0 spiro atoms. The number of halogens is 1. The van der Waals surface area contributed by atoms with Crippen LogP contribution in [-0.4, -0.2) is 64.3 Å². The van der Waals surface area contributed by atoms with E-state index in [4.69, 9.17) is 4.74 Å². The van der Waals surface area contributed by atoms with E-state index >= 15 is 0 Å². The van der Waals surface area contributed by atoms with Crippen LogP contribution in [0.5, 0.6) is 0 Å². The van der Waals surface area contributed by atoms with Crippen LogP contribution in [0.3, 0.4) is 0 Å². The smallest absolute Gasteiger partial charge is 0.409 e. The molecular formula is C17H26IN7O2. The molecule has 1 amide bonds. The van der Waals surface area contributed by atoms with Gasteiger partial charge < -0.3 is 20.3 Å². The second kappa shape index (κ2) is 10.3. The van der Waals surface area contributed by atoms with E-state index in [0.29, 0.717) is 32.2 Å². The molecule has 0 saturated carbocycles. The average molecular weight is 487 g/mol. The molecule has 3 rings (SSSR count). The molecule has 0 aromatic carbocycles. The van der Waals surface area contributed by atoms with Gasteiger partial charge in [0, 0.05) is 32.4 Å². The SMILES string of the molecule is CCOC(=O)N1CCC(NC(=NC)NCc2nnc3ccccn23)CC1.I. The second-order valence-electron chi connectivity index (χ2n) is 6.08. The fourth-order valence-corrected chi connectivity index (χ4v) is 2.98. The number of piperidine rings is 1. The number of amides is 1. The highest BCUT2D eigenvalue weighted by Gasteiger charge is 2.24. The Morgan fingerprint density at radius 3 is 2.81 bits per heavy atom. The Bertz CT molecular complexity index is 771. The highest BCUT2D eigenvalue weighted by Crippen LogP contribution is 2.11. The molecule has 0 unspecified atom stereocenters. The van der Waals surface area contributed by atoms with Crippen LogP contribution in [0.25, 0.3) is 5.65 Å². The van der Waals surface area contributed by atoms with E-state index in [2.05, 4.69) is 25.8 Å². The van der Waals surface area contributed by atoms with Gasteiger partial charge in [0.2, 0.25) is 0 Å². The van der Waals surface area contributed by atoms with E-state index in [1.165, 1.54) is 0 Å². The van der Waals surface area contributed by atoms with Crippen LogP contribution < -0.4 is 10.6 Å². The number of aromatic nitrogens is 3. The van der Waals surface area contributed by atoms with E-state index in [1.54, 1.807) is 11.9 Å². The first-order chi connectivity index (χ1) is 12.7. The second-order valence-corrected chi connectivity index (χ2v) is 6.08. The Morgan fingerprint density at radius 2 is 2.11 bits per heavy atom. The monoisotopic (exact) mass is 487 g/mol. The third-order valence-electron chi connectivity index (χ3n) is 4.38. The van der Waals surface area contributed by atoms with Gasteiger partial charge in [-0.25, -0.2) is 4.79 Å². The lowest BCUT2D eigenvalue weighted by molar-refractivity contribution is 0.0963. The maximum absolute atomic E-state index is 11.8. The minimum absolute atomic E-state index is 0. The Labute approximate surface area is 175 Å². The van der Waals surface area contributed by atoms with E-state index < -0.39 is 0 Å². The molecule has 2 aromatic heterocycles. The third-order valence-corrected chi connectivity index (χ3v) is 4.38. The van der Waals surface area contributed by atoms with Crippen molar-refractivity contribution in [2.75, 3.05) is 26.7 Å². The fourth-order valence-electron chi connectivity index (χ4n) is 2.98. The van der Waals surface area contributed by atoms with Gasteiger partial charge in [-0.1, -0.05) is 6.07 Å². The number of guanidine groups is 1. The summed E-state index contributed by atoms with van der Waals surface area (Å²) in [5, 5.41) is 15.0. The van der Waals surface area contributed by atoms with Gasteiger partial charge in [-0.3, -0.25) is 9.39 Å². The molecule has 1 saturated heterocycles. The number of hydrogen-bond acceptors (Lipinski definition) is 5. The number of carbonyl (C=O) groups excluding carboxylic acids is 1. The third kappa shape index (κ3) is 5.44. The first kappa shape index (κ1) is 21.2. The summed E-state index contributed by atoms with van der Waals surface area (Å²) in [5.74, 6) is 1.54. The molecule has 2 aromatic rings. The quantitative estimate of drug-likeness (QED) is 0.387. The molecule has 0 aliphatic carbocycles. The first-order valence-electron chi connectivity index (χ1n) is 8.88. The van der Waals surface area contributed by atoms with Crippen molar-refractivity contribution in [1.82, 2.24) is 30.1 Å². The summed E-state index contributed by atoms with van der Waals surface area (Å²) in [6.45, 7) is 4.11. The van der Waals surface area contributed by atoms with Crippen molar-refractivity contribution in [2.24, 2.45) is 4.99 Å². The van der Waals surface area contributed by atoms with Gasteiger partial charge in [-0.05, 0) is 31.9 Å². The Morgan fingerprint density at radius 1 is 1.33 bits per heavy atom. The zero-order valence-electron chi connectivity index (χ0n) is 15.6. The van der Waals surface area contributed by atoms with E-state index in [0.717, 1.165) is 24.3 Å². The lowest BCUT2D eigenvalue weighted by Crippen LogP contribution is -2.49. The van der Waals surface area contributed by atoms with Gasteiger partial charge in [-0.15, -0.1) is 34.2 Å². The van der Waals surface area contributed by atoms with E-state index in [1.807, 2.05) is 35.7 Å². The number of nitrogens with zero attached hydrogens (tertiary/aromatic N) is 5. The molecule has 3 heterocycles. The summed E-state index contributed by atoms with van der Waals surface area (Å²) in [5.41, 5.74) is 0.818. The summed E-state index contributed by atoms with van der Waals surface area (Å²) < 4.78 is 6.99. The molecule has 1 aliphatic rings. The summed E-state index contributed by atoms with van der Waals surface area (Å²) in [6.07, 6.45) is 3.42. The minimum Gasteiger partial charge on any atom is -0.450 e. The lowest BCUT2D eigenvalue weighted by atomic mass is 10.1. The van der Waals surface area contributed by atoms with Crippen LogP contribution in [0.1, 0.15) is 25.6 Å². The van der Waals surface area contributed by atoms with E-state index in [9.17, 15) is 4.79 Å². The fraction of sp³-hybridized carbons (Fsp3) is 0.529. The Kier molecular flexibility index (Phi) is 8.07. The van der Waals surface area contributed by atoms with Crippen molar-refractivity contribution in [1.29, 1.82) is 0 Å². The average Bonchev–Trinajstić information content (AvgIpc) is 3.09. The zero-order valence-corrected chi connectivity index (χ0v) is 17.9. The van der Waals surface area contributed by atoms with Gasteiger partial charge in [-0.2, -0.15) is 0 Å². The molecule has 0 bridgehead atoms. The highest BCUT2D eigenvalue weighted by atomic mass is 127. The molecule has 1 aliphatic heterocycles.